The Morgan fingerprint density at radius 1 is 0.800 bits per heavy atom. The number of carboxylic acid groups (broad SMARTS) is 1. The quantitative estimate of drug-likeness (QED) is 0.217. The van der Waals surface area contributed by atoms with Crippen LogP contribution in [0.25, 0.3) is 0 Å². The zero-order valence-electron chi connectivity index (χ0n) is 25.4. The largest absolute Gasteiger partial charge is 0.508 e. The van der Waals surface area contributed by atoms with Gasteiger partial charge in [0.15, 0.2) is 11.5 Å². The van der Waals surface area contributed by atoms with E-state index in [0.717, 1.165) is 0 Å². The topological polar surface area (TPSA) is 151 Å². The van der Waals surface area contributed by atoms with Crippen molar-refractivity contribution in [3.63, 3.8) is 0 Å². The Morgan fingerprint density at radius 3 is 1.75 bits per heavy atom. The molecule has 0 saturated carbocycles. The average molecular weight is 566 g/mol. The molecule has 0 aromatic heterocycles. The minimum atomic E-state index is -1.39. The molecule has 40 heavy (non-hydrogen) atoms. The summed E-state index contributed by atoms with van der Waals surface area (Å²) in [4.78, 5) is 49.9. The van der Waals surface area contributed by atoms with Crippen LogP contribution in [0.1, 0.15) is 87.1 Å². The van der Waals surface area contributed by atoms with Gasteiger partial charge in [0.25, 0.3) is 0 Å². The Morgan fingerprint density at radius 2 is 1.30 bits per heavy atom. The summed E-state index contributed by atoms with van der Waals surface area (Å²) in [5, 5.41) is 9.80. The van der Waals surface area contributed by atoms with Gasteiger partial charge in [0.1, 0.15) is 18.2 Å². The Hall–Kier alpha value is -3.14. The van der Waals surface area contributed by atoms with E-state index in [1.807, 2.05) is 34.6 Å². The van der Waals surface area contributed by atoms with Crippen LogP contribution in [0.5, 0.6) is 11.5 Å². The summed E-state index contributed by atoms with van der Waals surface area (Å²) in [6, 6.07) is 3.10. The lowest BCUT2D eigenvalue weighted by Gasteiger charge is -2.32. The summed E-state index contributed by atoms with van der Waals surface area (Å²) < 4.78 is 21.9. The molecule has 0 amide bonds. The van der Waals surface area contributed by atoms with E-state index >= 15 is 0 Å². The number of esters is 2. The van der Waals surface area contributed by atoms with Gasteiger partial charge >= 0.3 is 24.1 Å². The molecule has 0 heterocycles. The van der Waals surface area contributed by atoms with Crippen LogP contribution in [0.15, 0.2) is 18.2 Å². The monoisotopic (exact) mass is 565 g/mol. The van der Waals surface area contributed by atoms with E-state index in [9.17, 15) is 24.3 Å². The number of aliphatic carboxylic acids is 1. The Bertz CT molecular complexity index is 1020. The second kappa shape index (κ2) is 15.6. The van der Waals surface area contributed by atoms with Gasteiger partial charge in [-0.1, -0.05) is 61.5 Å². The van der Waals surface area contributed by atoms with Gasteiger partial charge in [-0.3, -0.25) is 14.4 Å². The van der Waals surface area contributed by atoms with Crippen LogP contribution >= 0.6 is 0 Å². The number of ether oxygens (including phenoxy) is 4. The number of carbonyl (C=O) groups is 4. The molecule has 0 radical (unpaired) electrons. The van der Waals surface area contributed by atoms with Crippen molar-refractivity contribution < 1.29 is 43.2 Å². The molecule has 0 spiro atoms. The van der Waals surface area contributed by atoms with Crippen molar-refractivity contribution in [1.29, 1.82) is 0 Å². The van der Waals surface area contributed by atoms with Crippen molar-refractivity contribution in [3.05, 3.63) is 23.8 Å². The summed E-state index contributed by atoms with van der Waals surface area (Å²) in [5.74, 6) is -4.62. The van der Waals surface area contributed by atoms with Crippen LogP contribution in [0.2, 0.25) is 0 Å². The van der Waals surface area contributed by atoms with Crippen molar-refractivity contribution in [3.8, 4) is 11.5 Å². The molecule has 0 fully saturated rings. The smallest absolute Gasteiger partial charge is 0.480 e. The summed E-state index contributed by atoms with van der Waals surface area (Å²) in [7, 11) is 0. The molecule has 10 heteroatoms. The molecular formula is C30H47NO9. The van der Waals surface area contributed by atoms with Crippen molar-refractivity contribution in [2.45, 2.75) is 99.8 Å². The highest BCUT2D eigenvalue weighted by Crippen LogP contribution is 2.38. The fourth-order valence-corrected chi connectivity index (χ4v) is 3.66. The highest BCUT2D eigenvalue weighted by Gasteiger charge is 2.36. The maximum absolute atomic E-state index is 12.9. The van der Waals surface area contributed by atoms with Crippen molar-refractivity contribution >= 4 is 24.1 Å². The molecule has 1 aromatic carbocycles. The summed E-state index contributed by atoms with van der Waals surface area (Å²) in [6.45, 7) is 17.9. The molecule has 10 nitrogen and oxygen atoms in total. The predicted octanol–water partition coefficient (Wildman–Crippen LogP) is 5.55. The van der Waals surface area contributed by atoms with Gasteiger partial charge in [0.05, 0.1) is 11.8 Å². The number of nitrogens with two attached hydrogens (primary N) is 1. The molecule has 0 saturated heterocycles. The third kappa shape index (κ3) is 9.80. The van der Waals surface area contributed by atoms with Crippen molar-refractivity contribution in [2.75, 3.05) is 0 Å². The maximum atomic E-state index is 12.9. The van der Waals surface area contributed by atoms with Crippen LogP contribution < -0.4 is 15.2 Å². The van der Waals surface area contributed by atoms with Gasteiger partial charge in [-0.25, -0.2) is 4.79 Å². The molecule has 0 aliphatic heterocycles. The number of hydrogen-bond donors (Lipinski definition) is 2. The SMILES string of the molecule is CCC(C)OC(=O)OC(C)C(C)C(c1ccc(OC(=O)C(C)C(C)C)c(OC(=O)C(C)C(C)C)c1)[C@H](N)C(=O)O. The molecule has 226 valence electrons. The first kappa shape index (κ1) is 34.9. The lowest BCUT2D eigenvalue weighted by atomic mass is 9.79. The molecule has 0 aliphatic carbocycles. The predicted molar refractivity (Wildman–Crippen MR) is 150 cm³/mol. The van der Waals surface area contributed by atoms with E-state index in [-0.39, 0.29) is 29.4 Å². The lowest BCUT2D eigenvalue weighted by molar-refractivity contribution is -0.142. The first-order chi connectivity index (χ1) is 18.5. The fourth-order valence-electron chi connectivity index (χ4n) is 3.66. The second-order valence-corrected chi connectivity index (χ2v) is 11.3. The summed E-state index contributed by atoms with van der Waals surface area (Å²) >= 11 is 0. The van der Waals surface area contributed by atoms with E-state index in [0.29, 0.717) is 12.0 Å². The van der Waals surface area contributed by atoms with Gasteiger partial charge < -0.3 is 29.8 Å². The first-order valence-electron chi connectivity index (χ1n) is 13.9. The van der Waals surface area contributed by atoms with E-state index < -0.39 is 59.9 Å². The maximum Gasteiger partial charge on any atom is 0.508 e. The Labute approximate surface area is 237 Å². The van der Waals surface area contributed by atoms with Crippen LogP contribution in [-0.4, -0.2) is 47.4 Å². The molecule has 6 unspecified atom stereocenters. The average Bonchev–Trinajstić information content (AvgIpc) is 2.88. The highest BCUT2D eigenvalue weighted by molar-refractivity contribution is 5.79. The van der Waals surface area contributed by atoms with Gasteiger partial charge in [-0.2, -0.15) is 0 Å². The molecule has 1 aromatic rings. The number of benzene rings is 1. The third-order valence-corrected chi connectivity index (χ3v) is 7.65. The van der Waals surface area contributed by atoms with E-state index in [1.165, 1.54) is 12.1 Å². The van der Waals surface area contributed by atoms with Crippen LogP contribution in [-0.2, 0) is 23.9 Å². The summed E-state index contributed by atoms with van der Waals surface area (Å²) in [6.07, 6.45) is -1.38. The zero-order valence-corrected chi connectivity index (χ0v) is 25.4. The van der Waals surface area contributed by atoms with Crippen LogP contribution in [0.3, 0.4) is 0 Å². The molecule has 0 aliphatic rings. The Kier molecular flexibility index (Phi) is 13.6. The first-order valence-corrected chi connectivity index (χ1v) is 13.9. The van der Waals surface area contributed by atoms with E-state index in [2.05, 4.69) is 0 Å². The number of rotatable bonds is 14. The third-order valence-electron chi connectivity index (χ3n) is 7.65. The van der Waals surface area contributed by atoms with E-state index in [4.69, 9.17) is 24.7 Å². The molecule has 0 bridgehead atoms. The molecular weight excluding hydrogens is 518 g/mol. The van der Waals surface area contributed by atoms with Crippen LogP contribution in [0, 0.1) is 29.6 Å². The normalized spacial score (nSPS) is 16.7. The van der Waals surface area contributed by atoms with Gasteiger partial charge in [-0.15, -0.1) is 0 Å². The Balaban J connectivity index is 3.52. The minimum Gasteiger partial charge on any atom is -0.480 e. The fraction of sp³-hybridized carbons (Fsp3) is 0.667. The van der Waals surface area contributed by atoms with E-state index in [1.54, 1.807) is 40.7 Å². The van der Waals surface area contributed by atoms with Crippen molar-refractivity contribution in [2.24, 2.45) is 35.3 Å². The number of carbonyl (C=O) groups excluding carboxylic acids is 3. The summed E-state index contributed by atoms with van der Waals surface area (Å²) in [5.41, 5.74) is 6.54. The number of hydrogen-bond acceptors (Lipinski definition) is 9. The van der Waals surface area contributed by atoms with Gasteiger partial charge in [0, 0.05) is 11.8 Å². The van der Waals surface area contributed by atoms with Crippen LogP contribution in [0.4, 0.5) is 4.79 Å². The number of carboxylic acids is 1. The molecule has 7 atom stereocenters. The lowest BCUT2D eigenvalue weighted by Crippen LogP contribution is -2.43. The highest BCUT2D eigenvalue weighted by atomic mass is 16.7. The van der Waals surface area contributed by atoms with Crippen molar-refractivity contribution in [1.82, 2.24) is 0 Å². The second-order valence-electron chi connectivity index (χ2n) is 11.3. The van der Waals surface area contributed by atoms with Gasteiger partial charge in [0.2, 0.25) is 0 Å². The molecule has 3 N–H and O–H groups in total. The molecule has 1 rings (SSSR count). The van der Waals surface area contributed by atoms with Gasteiger partial charge in [-0.05, 0) is 49.8 Å². The zero-order chi connectivity index (χ0) is 30.9. The standard InChI is InChI=1S/C30H47NO9/c1-11-17(6)37-30(36)38-21(10)20(9)25(26(31)27(32)33)22-12-13-23(39-28(34)18(7)15(2)3)24(14-22)40-29(35)19(8)16(4)5/h12-21,25-26H,11,31H2,1-10H3,(H,32,33)/t17?,18?,19?,20?,21?,25?,26-/m0/s1. The minimum absolute atomic E-state index is 0.0102.